The van der Waals surface area contributed by atoms with E-state index in [0.29, 0.717) is 81.7 Å². The van der Waals surface area contributed by atoms with Crippen LogP contribution >= 0.6 is 0 Å². The van der Waals surface area contributed by atoms with Crippen molar-refractivity contribution < 1.29 is 36.7 Å². The number of H-pyrrole nitrogens is 8. The van der Waals surface area contributed by atoms with Crippen LogP contribution in [0.4, 0.5) is 40.3 Å². The lowest BCUT2D eigenvalue weighted by Gasteiger charge is -2.11. The van der Waals surface area contributed by atoms with Gasteiger partial charge < -0.3 is 41.2 Å². The molecule has 36 heteroatoms. The van der Waals surface area contributed by atoms with Gasteiger partial charge in [0.05, 0.1) is 139 Å². The van der Waals surface area contributed by atoms with Crippen molar-refractivity contribution in [2.45, 2.75) is 80.1 Å². The molecule has 16 heterocycles. The molecule has 24 aromatic rings. The molecule has 16 aromatic heterocycles. The number of rotatable bonds is 24. The summed E-state index contributed by atoms with van der Waals surface area (Å²) < 4.78 is 53.8. The van der Waals surface area contributed by atoms with Crippen molar-refractivity contribution in [3.8, 4) is 135 Å². The van der Waals surface area contributed by atoms with Crippen LogP contribution in [0.2, 0.25) is 0 Å². The van der Waals surface area contributed by atoms with Gasteiger partial charge in [0.2, 0.25) is 23.6 Å². The Hall–Kier alpha value is -19.7. The standard InChI is InChI=1S/2C29H24FN7O.2C28H22FN7O/c1-3-16(2)29(38)33-21-10-19(12-31-13-21)18-6-9-24-22(11-18)27(37-36-24)28-34-25-15-32-14-23(26(25)35-28)17-4-7-20(30)8-5-17;1-2-3-4-26(38)33-21-11-19(13-31-14-21)18-7-10-24-22(12-18)28(37-36-24)29-34-25-16-32-15-23(27(25)35-29)17-5-8-20(30)9-6-17;1-15(2)28(37)32-20-9-18(11-30-12-20)17-5-8-23-21(10-17)26(36-35-23)27-33-24-14-31-13-22(25(24)34-27)16-3-6-19(29)7-4-16;1-2-3-25(37)32-20-10-18(12-30-13-20)17-6-9-23-21(11-17)27(36-35-23)28-33-24-15-31-14-22(26(24)34-28)16-4-7-19(29)8-5-16/h4-16H,3H2,1-2H3,(H,33,38)(H,34,35)(H,36,37);5-16H,2-4H2,1H3,(H,33,38)(H,34,35)(H,36,37);3-15H,1-2H3,(H,32,37)(H,33,34)(H,35,36);4-15H,2-3H2,1H3,(H,32,37)(H,33,34)(H,35,36). The number of nitrogens with zero attached hydrogens (tertiary/aromatic N) is 16. The maximum absolute atomic E-state index is 13.5. The number of hydrogen-bond donors (Lipinski definition) is 12. The third-order valence-electron chi connectivity index (χ3n) is 25.6. The van der Waals surface area contributed by atoms with Crippen LogP contribution < -0.4 is 21.3 Å². The van der Waals surface area contributed by atoms with Gasteiger partial charge in [0, 0.05) is 140 Å². The van der Waals surface area contributed by atoms with Crippen LogP contribution in [0.15, 0.2) is 293 Å². The molecule has 12 N–H and O–H groups in total. The molecule has 0 radical (unpaired) electrons. The summed E-state index contributed by atoms with van der Waals surface area (Å²) in [5, 5.41) is 45.6. The Bertz CT molecular complexity index is 9190. The molecule has 0 aliphatic rings. The average Bonchev–Trinajstić information content (AvgIpc) is 1.62. The number of carbonyl (C=O) groups excluding carboxylic acids is 4. The molecule has 0 spiro atoms. The second-order valence-corrected chi connectivity index (χ2v) is 36.3. The predicted molar refractivity (Wildman–Crippen MR) is 574 cm³/mol. The molecule has 0 saturated heterocycles. The summed E-state index contributed by atoms with van der Waals surface area (Å²) in [5.41, 5.74) is 28.3. The van der Waals surface area contributed by atoms with E-state index in [4.69, 9.17) is 19.9 Å². The van der Waals surface area contributed by atoms with Crippen molar-refractivity contribution in [2.75, 3.05) is 21.3 Å². The third kappa shape index (κ3) is 20.7. The highest BCUT2D eigenvalue weighted by Crippen LogP contribution is 2.41. The molecule has 1 unspecified atom stereocenters. The zero-order chi connectivity index (χ0) is 103. The van der Waals surface area contributed by atoms with Crippen LogP contribution in [0.5, 0.6) is 0 Å². The number of aromatic amines is 8. The first-order chi connectivity index (χ1) is 73.1. The Kier molecular flexibility index (Phi) is 27.2. The van der Waals surface area contributed by atoms with Gasteiger partial charge in [0.1, 0.15) is 46.0 Å². The second-order valence-electron chi connectivity index (χ2n) is 36.3. The number of nitrogens with one attached hydrogen (secondary N) is 12. The number of fused-ring (bicyclic) bond motifs is 8. The van der Waals surface area contributed by atoms with E-state index in [1.54, 1.807) is 148 Å². The van der Waals surface area contributed by atoms with Gasteiger partial charge in [0.25, 0.3) is 0 Å². The van der Waals surface area contributed by atoms with Gasteiger partial charge in [-0.25, -0.2) is 37.5 Å². The summed E-state index contributed by atoms with van der Waals surface area (Å²) in [6, 6.07) is 56.5. The number of anilines is 4. The molecule has 740 valence electrons. The quantitative estimate of drug-likeness (QED) is 0.0250. The number of pyridine rings is 8. The fourth-order valence-corrected chi connectivity index (χ4v) is 17.5. The predicted octanol–water partition coefficient (Wildman–Crippen LogP) is 24.9. The van der Waals surface area contributed by atoms with E-state index in [1.165, 1.54) is 48.5 Å². The molecule has 0 aliphatic carbocycles. The summed E-state index contributed by atoms with van der Waals surface area (Å²) in [4.78, 5) is 116. The summed E-state index contributed by atoms with van der Waals surface area (Å²) in [5.74, 6) is 0.825. The molecule has 1 atom stereocenters. The Morgan fingerprint density at radius 2 is 0.533 bits per heavy atom. The molecule has 0 fully saturated rings. The lowest BCUT2D eigenvalue weighted by molar-refractivity contribution is -0.120. The van der Waals surface area contributed by atoms with Crippen molar-refractivity contribution in [3.63, 3.8) is 0 Å². The van der Waals surface area contributed by atoms with Crippen molar-refractivity contribution >= 4 is 134 Å². The first-order valence-electron chi connectivity index (χ1n) is 48.5. The first-order valence-corrected chi connectivity index (χ1v) is 48.5. The largest absolute Gasteiger partial charge is 0.335 e. The molecule has 8 aromatic carbocycles. The van der Waals surface area contributed by atoms with E-state index in [2.05, 4.69) is 129 Å². The van der Waals surface area contributed by atoms with Crippen LogP contribution in [-0.2, 0) is 19.2 Å². The number of hydrogen-bond acceptors (Lipinski definition) is 20. The Morgan fingerprint density at radius 3 is 0.800 bits per heavy atom. The second kappa shape index (κ2) is 42.3. The zero-order valence-electron chi connectivity index (χ0n) is 81.4. The van der Waals surface area contributed by atoms with Gasteiger partial charge in [-0.1, -0.05) is 121 Å². The van der Waals surface area contributed by atoms with Crippen LogP contribution in [0, 0.1) is 35.1 Å². The van der Waals surface area contributed by atoms with Crippen LogP contribution in [-0.4, -0.2) is 144 Å². The topological polar surface area (TPSA) is 449 Å². The van der Waals surface area contributed by atoms with Crippen molar-refractivity contribution in [1.82, 2.24) is 121 Å². The van der Waals surface area contributed by atoms with Gasteiger partial charge >= 0.3 is 0 Å². The molecule has 150 heavy (non-hydrogen) atoms. The van der Waals surface area contributed by atoms with E-state index >= 15 is 0 Å². The maximum Gasteiger partial charge on any atom is 0.227 e. The maximum atomic E-state index is 13.5. The van der Waals surface area contributed by atoms with Crippen LogP contribution in [0.3, 0.4) is 0 Å². The average molecular weight is 1990 g/mol. The van der Waals surface area contributed by atoms with Gasteiger partial charge in [-0.2, -0.15) is 20.4 Å². The lowest BCUT2D eigenvalue weighted by Crippen LogP contribution is -2.19. The SMILES string of the molecule is CC(C)C(=O)Nc1cncc(-c2ccc3[nH]nc(-c4nc5c(-c6ccc(F)cc6)cncc5[nH]4)c3c2)c1.CCC(C)C(=O)Nc1cncc(-c2ccc3[nH]nc(-c4nc5c(-c6ccc(F)cc6)cncc5[nH]4)c3c2)c1.CCCC(=O)Nc1cncc(-c2ccc3[nH]nc(-c4nc5c(-c6ccc(F)cc6)cncc5[nH]4)c3c2)c1.CCCCC(=O)Nc1cncc(-c2ccc3[nH]nc(-c4nc5c(-c6ccc(F)cc6)cncc5[nH]4)c3c2)c1. The summed E-state index contributed by atoms with van der Waals surface area (Å²) >= 11 is 0. The fourth-order valence-electron chi connectivity index (χ4n) is 17.5. The molecular formula is C114H92F4N28O4. The minimum absolute atomic E-state index is 0.0160. The highest BCUT2D eigenvalue weighted by molar-refractivity contribution is 6.05. The normalized spacial score (nSPS) is 11.6. The van der Waals surface area contributed by atoms with Gasteiger partial charge in [-0.15, -0.1) is 0 Å². The monoisotopic (exact) mass is 1990 g/mol. The van der Waals surface area contributed by atoms with Gasteiger partial charge in [0.15, 0.2) is 23.3 Å². The number of imidazole rings is 4. The van der Waals surface area contributed by atoms with Crippen molar-refractivity contribution in [1.29, 1.82) is 0 Å². The summed E-state index contributed by atoms with van der Waals surface area (Å²) in [6.45, 7) is 11.6. The zero-order valence-corrected chi connectivity index (χ0v) is 81.4. The molecular weight excluding hydrogens is 1900 g/mol. The molecule has 24 rings (SSSR count). The Morgan fingerprint density at radius 1 is 0.273 bits per heavy atom. The first kappa shape index (κ1) is 96.5. The highest BCUT2D eigenvalue weighted by Gasteiger charge is 2.25. The number of unbranched alkanes of at least 4 members (excludes halogenated alkanes) is 1. The number of carbonyl (C=O) groups is 4. The number of amides is 4. The third-order valence-corrected chi connectivity index (χ3v) is 25.6. The summed E-state index contributed by atoms with van der Waals surface area (Å²) in [7, 11) is 0. The van der Waals surface area contributed by atoms with Crippen molar-refractivity contribution in [3.05, 3.63) is 317 Å². The van der Waals surface area contributed by atoms with E-state index in [1.807, 2.05) is 132 Å². The molecule has 0 saturated carbocycles. The fraction of sp³-hybridized carbons (Fsp3) is 0.123. The minimum atomic E-state index is -0.298. The molecule has 4 amide bonds. The van der Waals surface area contributed by atoms with Crippen LogP contribution in [0.25, 0.3) is 223 Å². The van der Waals surface area contributed by atoms with E-state index in [9.17, 15) is 36.7 Å². The van der Waals surface area contributed by atoms with E-state index in [-0.39, 0.29) is 58.7 Å². The smallest absolute Gasteiger partial charge is 0.227 e. The lowest BCUT2D eigenvalue weighted by atomic mass is 10.0. The number of aromatic nitrogens is 24. The number of benzene rings is 8. The Balaban J connectivity index is 0.000000117. The molecule has 0 aliphatic heterocycles. The van der Waals surface area contributed by atoms with Crippen LogP contribution in [0.1, 0.15) is 80.1 Å². The summed E-state index contributed by atoms with van der Waals surface area (Å²) in [6.07, 6.45) is 31.7. The number of halogens is 4. The van der Waals surface area contributed by atoms with Crippen molar-refractivity contribution in [2.24, 2.45) is 11.8 Å². The van der Waals surface area contributed by atoms with E-state index < -0.39 is 0 Å². The Labute approximate surface area is 851 Å². The van der Waals surface area contributed by atoms with Gasteiger partial charge in [-0.3, -0.25) is 79.4 Å². The molecule has 0 bridgehead atoms. The molecule has 32 nitrogen and oxygen atoms in total. The van der Waals surface area contributed by atoms with Gasteiger partial charge in [-0.05, 0) is 185 Å². The van der Waals surface area contributed by atoms with E-state index in [0.717, 1.165) is 202 Å². The minimum Gasteiger partial charge on any atom is -0.335 e. The highest BCUT2D eigenvalue weighted by atomic mass is 19.1.